The van der Waals surface area contributed by atoms with E-state index in [1.165, 1.54) is 19.1 Å². The van der Waals surface area contributed by atoms with E-state index in [4.69, 9.17) is 5.84 Å². The predicted octanol–water partition coefficient (Wildman–Crippen LogP) is 0.962. The zero-order chi connectivity index (χ0) is 13.9. The lowest BCUT2D eigenvalue weighted by Crippen LogP contribution is -2.41. The summed E-state index contributed by atoms with van der Waals surface area (Å²) >= 11 is 0. The lowest BCUT2D eigenvalue weighted by atomic mass is 10.0. The topological polar surface area (TPSA) is 89.3 Å². The monoisotopic (exact) mass is 270 g/mol. The summed E-state index contributed by atoms with van der Waals surface area (Å²) in [7, 11) is -3.68. The van der Waals surface area contributed by atoms with Crippen molar-refractivity contribution in [2.45, 2.75) is 36.8 Å². The van der Waals surface area contributed by atoms with Crippen LogP contribution in [0.25, 0.3) is 0 Å². The third-order valence-corrected chi connectivity index (χ3v) is 4.93. The summed E-state index contributed by atoms with van der Waals surface area (Å²) in [6, 6.07) is 6.55. The van der Waals surface area contributed by atoms with E-state index in [0.717, 1.165) is 5.56 Å². The Morgan fingerprint density at radius 3 is 2.06 bits per heavy atom. The molecule has 0 aliphatic carbocycles. The molecule has 18 heavy (non-hydrogen) atoms. The summed E-state index contributed by atoms with van der Waals surface area (Å²) < 4.78 is 24.2. The molecule has 0 aliphatic heterocycles. The van der Waals surface area contributed by atoms with Gasteiger partial charge in [0.15, 0.2) is 9.84 Å². The van der Waals surface area contributed by atoms with Crippen LogP contribution in [0.1, 0.15) is 32.3 Å². The number of hydrazine groups is 1. The first-order valence-corrected chi connectivity index (χ1v) is 7.19. The quantitative estimate of drug-likeness (QED) is 0.484. The zero-order valence-corrected chi connectivity index (χ0v) is 11.5. The summed E-state index contributed by atoms with van der Waals surface area (Å²) in [4.78, 5) is 11.4. The molecule has 0 heterocycles. The standard InChI is InChI=1S/C12H18N2O3S/c1-8(2)10-4-6-11(7-5-10)18(16,17)9(3)12(15)14-13/h4-9H,13H2,1-3H3,(H,14,15)/t9-/m1/s1. The van der Waals surface area contributed by atoms with E-state index < -0.39 is 21.0 Å². The largest absolute Gasteiger partial charge is 0.293 e. The van der Waals surface area contributed by atoms with Crippen molar-refractivity contribution in [2.24, 2.45) is 5.84 Å². The van der Waals surface area contributed by atoms with Gasteiger partial charge in [-0.1, -0.05) is 26.0 Å². The third-order valence-electron chi connectivity index (χ3n) is 2.85. The SMILES string of the molecule is CC(C)c1ccc(S(=O)(=O)[C@H](C)C(=O)NN)cc1. The highest BCUT2D eigenvalue weighted by Crippen LogP contribution is 2.20. The Morgan fingerprint density at radius 1 is 1.17 bits per heavy atom. The Hall–Kier alpha value is -1.40. The van der Waals surface area contributed by atoms with Gasteiger partial charge >= 0.3 is 0 Å². The number of benzene rings is 1. The molecule has 5 nitrogen and oxygen atoms in total. The Morgan fingerprint density at radius 2 is 1.67 bits per heavy atom. The van der Waals surface area contributed by atoms with Gasteiger partial charge < -0.3 is 0 Å². The molecule has 0 unspecified atom stereocenters. The molecule has 0 bridgehead atoms. The van der Waals surface area contributed by atoms with Crippen LogP contribution in [0, 0.1) is 0 Å². The van der Waals surface area contributed by atoms with Crippen molar-refractivity contribution in [3.8, 4) is 0 Å². The smallest absolute Gasteiger partial charge is 0.252 e. The van der Waals surface area contributed by atoms with Gasteiger partial charge in [0.1, 0.15) is 5.25 Å². The molecule has 1 aromatic carbocycles. The Balaban J connectivity index is 3.10. The Kier molecular flexibility index (Phi) is 4.48. The highest BCUT2D eigenvalue weighted by molar-refractivity contribution is 7.92. The van der Waals surface area contributed by atoms with Crippen molar-refractivity contribution in [3.05, 3.63) is 29.8 Å². The van der Waals surface area contributed by atoms with E-state index in [-0.39, 0.29) is 4.90 Å². The number of hydrogen-bond acceptors (Lipinski definition) is 4. The molecule has 0 saturated carbocycles. The van der Waals surface area contributed by atoms with Gasteiger partial charge in [-0.05, 0) is 30.5 Å². The van der Waals surface area contributed by atoms with Gasteiger partial charge in [0.05, 0.1) is 4.90 Å². The number of amides is 1. The van der Waals surface area contributed by atoms with Crippen molar-refractivity contribution in [1.82, 2.24) is 5.43 Å². The molecule has 1 amide bonds. The predicted molar refractivity (Wildman–Crippen MR) is 69.5 cm³/mol. The fourth-order valence-corrected chi connectivity index (χ4v) is 2.78. The molecular formula is C12H18N2O3S. The average Bonchev–Trinajstić information content (AvgIpc) is 2.36. The summed E-state index contributed by atoms with van der Waals surface area (Å²) in [5.41, 5.74) is 2.90. The minimum Gasteiger partial charge on any atom is -0.293 e. The number of nitrogens with one attached hydrogen (secondary N) is 1. The molecule has 1 rings (SSSR count). The van der Waals surface area contributed by atoms with Crippen LogP contribution in [-0.4, -0.2) is 19.6 Å². The molecule has 0 aromatic heterocycles. The summed E-state index contributed by atoms with van der Waals surface area (Å²) in [6.07, 6.45) is 0. The Bertz CT molecular complexity index is 521. The molecule has 0 fully saturated rings. The Labute approximate surface area is 107 Å². The fraction of sp³-hybridized carbons (Fsp3) is 0.417. The normalized spacial score (nSPS) is 13.4. The van der Waals surface area contributed by atoms with Gasteiger partial charge in [-0.25, -0.2) is 14.3 Å². The molecule has 3 N–H and O–H groups in total. The minimum absolute atomic E-state index is 0.128. The molecular weight excluding hydrogens is 252 g/mol. The van der Waals surface area contributed by atoms with Crippen LogP contribution in [0.2, 0.25) is 0 Å². The van der Waals surface area contributed by atoms with Gasteiger partial charge in [0.2, 0.25) is 0 Å². The van der Waals surface area contributed by atoms with Crippen LogP contribution in [0.4, 0.5) is 0 Å². The van der Waals surface area contributed by atoms with E-state index >= 15 is 0 Å². The van der Waals surface area contributed by atoms with Gasteiger partial charge in [-0.2, -0.15) is 0 Å². The van der Waals surface area contributed by atoms with E-state index in [1.807, 2.05) is 19.3 Å². The van der Waals surface area contributed by atoms with Gasteiger partial charge in [0, 0.05) is 0 Å². The first-order valence-electron chi connectivity index (χ1n) is 5.65. The maximum atomic E-state index is 12.1. The highest BCUT2D eigenvalue weighted by Gasteiger charge is 2.29. The van der Waals surface area contributed by atoms with Crippen molar-refractivity contribution in [1.29, 1.82) is 0 Å². The molecule has 0 aliphatic rings. The number of carbonyl (C=O) groups excluding carboxylic acids is 1. The third kappa shape index (κ3) is 2.88. The van der Waals surface area contributed by atoms with Gasteiger partial charge in [-0.3, -0.25) is 10.2 Å². The number of nitrogens with two attached hydrogens (primary N) is 1. The average molecular weight is 270 g/mol. The van der Waals surface area contributed by atoms with Crippen LogP contribution in [0.15, 0.2) is 29.2 Å². The number of hydrogen-bond donors (Lipinski definition) is 2. The first-order chi connectivity index (χ1) is 8.30. The molecule has 1 aromatic rings. The van der Waals surface area contributed by atoms with E-state index in [0.29, 0.717) is 5.92 Å². The van der Waals surface area contributed by atoms with Crippen molar-refractivity contribution < 1.29 is 13.2 Å². The zero-order valence-electron chi connectivity index (χ0n) is 10.7. The summed E-state index contributed by atoms with van der Waals surface area (Å²) in [5.74, 6) is 4.55. The van der Waals surface area contributed by atoms with Crippen LogP contribution in [0.3, 0.4) is 0 Å². The number of sulfone groups is 1. The molecule has 100 valence electrons. The molecule has 6 heteroatoms. The van der Waals surface area contributed by atoms with E-state index in [9.17, 15) is 13.2 Å². The second-order valence-corrected chi connectivity index (χ2v) is 6.69. The number of carbonyl (C=O) groups is 1. The maximum absolute atomic E-state index is 12.1. The fourth-order valence-electron chi connectivity index (χ4n) is 1.50. The van der Waals surface area contributed by atoms with Gasteiger partial charge in [-0.15, -0.1) is 0 Å². The van der Waals surface area contributed by atoms with Crippen molar-refractivity contribution >= 4 is 15.7 Å². The lowest BCUT2D eigenvalue weighted by Gasteiger charge is -2.12. The van der Waals surface area contributed by atoms with Crippen molar-refractivity contribution in [2.75, 3.05) is 0 Å². The van der Waals surface area contributed by atoms with Crippen LogP contribution in [-0.2, 0) is 14.6 Å². The van der Waals surface area contributed by atoms with Crippen LogP contribution >= 0.6 is 0 Å². The second-order valence-electron chi connectivity index (χ2n) is 4.42. The van der Waals surface area contributed by atoms with E-state index in [2.05, 4.69) is 0 Å². The van der Waals surface area contributed by atoms with Crippen LogP contribution < -0.4 is 11.3 Å². The maximum Gasteiger partial charge on any atom is 0.252 e. The first kappa shape index (κ1) is 14.7. The summed E-state index contributed by atoms with van der Waals surface area (Å²) in [5, 5.41) is -1.20. The molecule has 0 radical (unpaired) electrons. The molecule has 0 saturated heterocycles. The lowest BCUT2D eigenvalue weighted by molar-refractivity contribution is -0.120. The number of rotatable bonds is 4. The summed E-state index contributed by atoms with van der Waals surface area (Å²) in [6.45, 7) is 5.36. The van der Waals surface area contributed by atoms with E-state index in [1.54, 1.807) is 12.1 Å². The second kappa shape index (κ2) is 5.49. The van der Waals surface area contributed by atoms with Crippen molar-refractivity contribution in [3.63, 3.8) is 0 Å². The van der Waals surface area contributed by atoms with Gasteiger partial charge in [0.25, 0.3) is 5.91 Å². The minimum atomic E-state index is -3.68. The van der Waals surface area contributed by atoms with Crippen LogP contribution in [0.5, 0.6) is 0 Å². The molecule has 0 spiro atoms. The molecule has 1 atom stereocenters. The highest BCUT2D eigenvalue weighted by atomic mass is 32.2.